The number of nitrogens with two attached hydrogens (primary N) is 1. The molecular formula is C13H26N2O2. The maximum atomic E-state index is 5.77. The fourth-order valence-corrected chi connectivity index (χ4v) is 3.73. The zero-order valence-corrected chi connectivity index (χ0v) is 11.2. The van der Waals surface area contributed by atoms with Gasteiger partial charge in [-0.2, -0.15) is 0 Å². The molecule has 2 atom stereocenters. The number of ether oxygens (including phenoxy) is 2. The van der Waals surface area contributed by atoms with E-state index in [1.165, 1.54) is 19.3 Å². The average Bonchev–Trinajstić information content (AvgIpc) is 2.35. The first-order valence-electron chi connectivity index (χ1n) is 6.79. The number of nitrogens with zero attached hydrogens (tertiary/aromatic N) is 1. The Morgan fingerprint density at radius 1 is 1.18 bits per heavy atom. The highest BCUT2D eigenvalue weighted by Gasteiger charge is 2.52. The topological polar surface area (TPSA) is 47.7 Å². The molecule has 1 saturated heterocycles. The van der Waals surface area contributed by atoms with Gasteiger partial charge in [0.2, 0.25) is 0 Å². The van der Waals surface area contributed by atoms with Crippen LogP contribution in [-0.2, 0) is 9.47 Å². The Kier molecular flexibility index (Phi) is 4.42. The molecule has 0 unspecified atom stereocenters. The molecule has 0 aromatic carbocycles. The summed E-state index contributed by atoms with van der Waals surface area (Å²) in [5.74, 6) is 0.711. The monoisotopic (exact) mass is 242 g/mol. The number of likely N-dealkylation sites (tertiary alicyclic amines) is 1. The van der Waals surface area contributed by atoms with Crippen molar-refractivity contribution in [3.05, 3.63) is 0 Å². The molecule has 0 radical (unpaired) electrons. The van der Waals surface area contributed by atoms with E-state index in [0.717, 1.165) is 32.6 Å². The van der Waals surface area contributed by atoms with Crippen molar-refractivity contribution < 1.29 is 9.47 Å². The lowest BCUT2D eigenvalue weighted by atomic mass is 9.72. The Hall–Kier alpha value is -0.160. The Labute approximate surface area is 104 Å². The summed E-state index contributed by atoms with van der Waals surface area (Å²) in [5.41, 5.74) is 5.59. The van der Waals surface area contributed by atoms with E-state index in [4.69, 9.17) is 15.2 Å². The zero-order valence-electron chi connectivity index (χ0n) is 11.2. The number of fused-ring (bicyclic) bond motifs is 2. The summed E-state index contributed by atoms with van der Waals surface area (Å²) in [5, 5.41) is 0. The molecule has 4 nitrogen and oxygen atoms in total. The number of methoxy groups -OCH3 is 2. The van der Waals surface area contributed by atoms with Crippen LogP contribution in [0.3, 0.4) is 0 Å². The van der Waals surface area contributed by atoms with Gasteiger partial charge in [-0.05, 0) is 32.4 Å². The molecule has 17 heavy (non-hydrogen) atoms. The molecule has 2 N–H and O–H groups in total. The van der Waals surface area contributed by atoms with Gasteiger partial charge in [-0.15, -0.1) is 0 Å². The second-order valence-corrected chi connectivity index (χ2v) is 5.36. The third kappa shape index (κ3) is 2.36. The summed E-state index contributed by atoms with van der Waals surface area (Å²) < 4.78 is 11.5. The lowest BCUT2D eigenvalue weighted by Crippen LogP contribution is -2.62. The van der Waals surface area contributed by atoms with Crippen LogP contribution in [0.25, 0.3) is 0 Å². The minimum Gasteiger partial charge on any atom is -0.353 e. The summed E-state index contributed by atoms with van der Waals surface area (Å²) >= 11 is 0. The first-order chi connectivity index (χ1) is 8.26. The van der Waals surface area contributed by atoms with E-state index in [1.54, 1.807) is 14.2 Å². The summed E-state index contributed by atoms with van der Waals surface area (Å²) in [7, 11) is 3.59. The van der Waals surface area contributed by atoms with Crippen LogP contribution in [0.4, 0.5) is 0 Å². The highest BCUT2D eigenvalue weighted by molar-refractivity contribution is 4.97. The smallest absolute Gasteiger partial charge is 0.175 e. The van der Waals surface area contributed by atoms with Crippen LogP contribution in [0.5, 0.6) is 0 Å². The van der Waals surface area contributed by atoms with Crippen molar-refractivity contribution in [3.8, 4) is 0 Å². The van der Waals surface area contributed by atoms with E-state index in [1.807, 2.05) is 0 Å². The maximum Gasteiger partial charge on any atom is 0.175 e. The first-order valence-corrected chi connectivity index (χ1v) is 6.79. The number of rotatable bonds is 5. The third-order valence-corrected chi connectivity index (χ3v) is 4.52. The molecule has 1 aliphatic carbocycles. The van der Waals surface area contributed by atoms with Crippen molar-refractivity contribution in [2.75, 3.05) is 40.4 Å². The summed E-state index contributed by atoms with van der Waals surface area (Å²) in [4.78, 5) is 2.54. The van der Waals surface area contributed by atoms with Crippen LogP contribution >= 0.6 is 0 Å². The van der Waals surface area contributed by atoms with Crippen molar-refractivity contribution in [3.63, 3.8) is 0 Å². The van der Waals surface area contributed by atoms with Gasteiger partial charge in [-0.1, -0.05) is 6.42 Å². The van der Waals surface area contributed by atoms with Crippen LogP contribution in [0.15, 0.2) is 0 Å². The molecule has 2 bridgehead atoms. The quantitative estimate of drug-likeness (QED) is 0.732. The van der Waals surface area contributed by atoms with Crippen LogP contribution in [0, 0.1) is 11.8 Å². The third-order valence-electron chi connectivity index (χ3n) is 4.52. The second kappa shape index (κ2) is 5.65. The van der Waals surface area contributed by atoms with E-state index in [-0.39, 0.29) is 5.79 Å². The Morgan fingerprint density at radius 2 is 1.76 bits per heavy atom. The molecular weight excluding hydrogens is 216 g/mol. The molecule has 1 heterocycles. The van der Waals surface area contributed by atoms with Crippen LogP contribution in [-0.4, -0.2) is 51.1 Å². The number of hydrogen-bond acceptors (Lipinski definition) is 4. The van der Waals surface area contributed by atoms with Crippen molar-refractivity contribution in [1.82, 2.24) is 4.90 Å². The van der Waals surface area contributed by atoms with Gasteiger partial charge in [0.25, 0.3) is 0 Å². The lowest BCUT2D eigenvalue weighted by Gasteiger charge is -2.53. The Bertz CT molecular complexity index is 228. The summed E-state index contributed by atoms with van der Waals surface area (Å²) in [6, 6.07) is 0. The Balaban J connectivity index is 2.05. The number of hydrogen-bond donors (Lipinski definition) is 1. The van der Waals surface area contributed by atoms with Gasteiger partial charge >= 0.3 is 0 Å². The molecule has 2 aliphatic rings. The molecule has 0 aromatic heterocycles. The fourth-order valence-electron chi connectivity index (χ4n) is 3.73. The molecule has 0 spiro atoms. The predicted octanol–water partition coefficient (Wildman–Crippen LogP) is 1.06. The minimum atomic E-state index is -0.322. The van der Waals surface area contributed by atoms with E-state index in [2.05, 4.69) is 4.90 Å². The van der Waals surface area contributed by atoms with Gasteiger partial charge in [0, 0.05) is 39.1 Å². The van der Waals surface area contributed by atoms with Crippen LogP contribution < -0.4 is 5.73 Å². The van der Waals surface area contributed by atoms with E-state index in [9.17, 15) is 0 Å². The molecule has 0 aromatic rings. The Morgan fingerprint density at radius 3 is 2.24 bits per heavy atom. The highest BCUT2D eigenvalue weighted by Crippen LogP contribution is 2.45. The van der Waals surface area contributed by atoms with Crippen molar-refractivity contribution in [2.45, 2.75) is 31.5 Å². The molecule has 0 amide bonds. The molecule has 2 rings (SSSR count). The molecule has 1 aliphatic heterocycles. The van der Waals surface area contributed by atoms with Gasteiger partial charge in [0.1, 0.15) is 0 Å². The van der Waals surface area contributed by atoms with Gasteiger partial charge in [-0.3, -0.25) is 0 Å². The largest absolute Gasteiger partial charge is 0.353 e. The van der Waals surface area contributed by atoms with Gasteiger partial charge in [0.05, 0.1) is 0 Å². The standard InChI is InChI=1S/C13H26N2O2/c1-16-13(17-2)11-5-3-6-12(13)10-15(9-11)8-4-7-14/h11-12H,3-10,14H2,1-2H3/t11-,12-/m0/s1. The SMILES string of the molecule is COC1(OC)[C@H]2CCC[C@H]1CN(CCCN)C2. The summed E-state index contributed by atoms with van der Waals surface area (Å²) in [6.07, 6.45) is 4.84. The van der Waals surface area contributed by atoms with Gasteiger partial charge in [-0.25, -0.2) is 0 Å². The maximum absolute atomic E-state index is 5.77. The minimum absolute atomic E-state index is 0.322. The molecule has 2 fully saturated rings. The van der Waals surface area contributed by atoms with Crippen LogP contribution in [0.1, 0.15) is 25.7 Å². The lowest BCUT2D eigenvalue weighted by molar-refractivity contribution is -0.302. The molecule has 4 heteroatoms. The fraction of sp³-hybridized carbons (Fsp3) is 1.00. The first kappa shape index (κ1) is 13.3. The predicted molar refractivity (Wildman–Crippen MR) is 67.7 cm³/mol. The highest BCUT2D eigenvalue weighted by atomic mass is 16.7. The van der Waals surface area contributed by atoms with Crippen molar-refractivity contribution in [2.24, 2.45) is 17.6 Å². The van der Waals surface area contributed by atoms with E-state index < -0.39 is 0 Å². The normalized spacial score (nSPS) is 32.6. The second-order valence-electron chi connectivity index (χ2n) is 5.36. The van der Waals surface area contributed by atoms with Crippen molar-refractivity contribution in [1.29, 1.82) is 0 Å². The van der Waals surface area contributed by atoms with E-state index in [0.29, 0.717) is 11.8 Å². The van der Waals surface area contributed by atoms with Gasteiger partial charge < -0.3 is 20.1 Å². The zero-order chi connectivity index (χ0) is 12.3. The molecule has 100 valence electrons. The average molecular weight is 242 g/mol. The van der Waals surface area contributed by atoms with Crippen molar-refractivity contribution >= 4 is 0 Å². The van der Waals surface area contributed by atoms with Crippen LogP contribution in [0.2, 0.25) is 0 Å². The van der Waals surface area contributed by atoms with E-state index >= 15 is 0 Å². The summed E-state index contributed by atoms with van der Waals surface area (Å²) in [6.45, 7) is 4.09. The number of piperidine rings is 1. The van der Waals surface area contributed by atoms with Gasteiger partial charge in [0.15, 0.2) is 5.79 Å². The molecule has 1 saturated carbocycles.